The lowest BCUT2D eigenvalue weighted by molar-refractivity contribution is -0.131. The van der Waals surface area contributed by atoms with E-state index in [4.69, 9.17) is 0 Å². The lowest BCUT2D eigenvalue weighted by Gasteiger charge is -2.24. The largest absolute Gasteiger partial charge is 0.341 e. The highest BCUT2D eigenvalue weighted by molar-refractivity contribution is 5.98. The smallest absolute Gasteiger partial charge is 0.223 e. The molecule has 4 nitrogen and oxygen atoms in total. The molecule has 2 fully saturated rings. The Morgan fingerprint density at radius 2 is 1.79 bits per heavy atom. The van der Waals surface area contributed by atoms with Crippen molar-refractivity contribution in [1.82, 2.24) is 10.2 Å². The van der Waals surface area contributed by atoms with Gasteiger partial charge in [-0.25, -0.2) is 0 Å². The zero-order valence-corrected chi connectivity index (χ0v) is 15.1. The minimum atomic E-state index is 0. The number of fused-ring (bicyclic) bond motifs is 2. The van der Waals surface area contributed by atoms with E-state index in [1.807, 2.05) is 29.2 Å². The fraction of sp³-hybridized carbons (Fsp3) is 0.579. The second-order valence-corrected chi connectivity index (χ2v) is 6.74. The average molecular weight is 351 g/mol. The molecule has 0 radical (unpaired) electrons. The summed E-state index contributed by atoms with van der Waals surface area (Å²) in [6, 6.07) is 8.76. The van der Waals surface area contributed by atoms with Gasteiger partial charge in [0.25, 0.3) is 0 Å². The summed E-state index contributed by atoms with van der Waals surface area (Å²) in [7, 11) is 0. The van der Waals surface area contributed by atoms with Gasteiger partial charge in [0.15, 0.2) is 5.78 Å². The Balaban J connectivity index is 0.00000208. The van der Waals surface area contributed by atoms with E-state index in [1.54, 1.807) is 0 Å². The summed E-state index contributed by atoms with van der Waals surface area (Å²) in [5.74, 6) is 0.188. The number of likely N-dealkylation sites (tertiary alicyclic amines) is 1. The highest BCUT2D eigenvalue weighted by Crippen LogP contribution is 2.21. The van der Waals surface area contributed by atoms with Crippen molar-refractivity contribution < 1.29 is 9.59 Å². The molecule has 132 valence electrons. The number of amides is 1. The van der Waals surface area contributed by atoms with E-state index < -0.39 is 0 Å². The number of hydrogen-bond acceptors (Lipinski definition) is 3. The van der Waals surface area contributed by atoms with Crippen LogP contribution in [0.1, 0.15) is 54.9 Å². The van der Waals surface area contributed by atoms with Crippen molar-refractivity contribution in [3.05, 3.63) is 35.4 Å². The molecule has 1 N–H and O–H groups in total. The van der Waals surface area contributed by atoms with Crippen LogP contribution in [0.3, 0.4) is 0 Å². The maximum absolute atomic E-state index is 12.4. The number of Topliss-reactive ketones (excluding diaryl/α,β-unsaturated/α-hetero) is 1. The van der Waals surface area contributed by atoms with Gasteiger partial charge in [0.05, 0.1) is 0 Å². The summed E-state index contributed by atoms with van der Waals surface area (Å²) >= 11 is 0. The Morgan fingerprint density at radius 3 is 2.50 bits per heavy atom. The normalized spacial score (nSPS) is 22.6. The fourth-order valence-electron chi connectivity index (χ4n) is 3.62. The minimum Gasteiger partial charge on any atom is -0.341 e. The van der Waals surface area contributed by atoms with Crippen molar-refractivity contribution in [1.29, 1.82) is 0 Å². The predicted octanol–water partition coefficient (Wildman–Crippen LogP) is 2.99. The predicted molar refractivity (Wildman–Crippen MR) is 97.8 cm³/mol. The van der Waals surface area contributed by atoms with E-state index in [0.29, 0.717) is 30.5 Å². The summed E-state index contributed by atoms with van der Waals surface area (Å²) in [4.78, 5) is 26.6. The van der Waals surface area contributed by atoms with Crippen LogP contribution in [0.25, 0.3) is 0 Å². The van der Waals surface area contributed by atoms with Crippen molar-refractivity contribution in [3.63, 3.8) is 0 Å². The monoisotopic (exact) mass is 350 g/mol. The third-order valence-electron chi connectivity index (χ3n) is 5.13. The molecule has 1 amide bonds. The SMILES string of the molecule is CCc1ccc(C(=O)CCC(=O)N2CCC3CCC(C2)N3)cc1.Cl. The Kier molecular flexibility index (Phi) is 6.81. The second-order valence-electron chi connectivity index (χ2n) is 6.74. The molecule has 24 heavy (non-hydrogen) atoms. The van der Waals surface area contributed by atoms with Crippen molar-refractivity contribution in [2.24, 2.45) is 0 Å². The van der Waals surface area contributed by atoms with E-state index in [9.17, 15) is 9.59 Å². The van der Waals surface area contributed by atoms with Crippen molar-refractivity contribution >= 4 is 24.1 Å². The lowest BCUT2D eigenvalue weighted by atomic mass is 10.0. The van der Waals surface area contributed by atoms with Gasteiger partial charge in [0, 0.05) is 43.6 Å². The van der Waals surface area contributed by atoms with Gasteiger partial charge in [-0.3, -0.25) is 9.59 Å². The molecule has 0 aliphatic carbocycles. The molecule has 2 saturated heterocycles. The summed E-state index contributed by atoms with van der Waals surface area (Å²) in [5.41, 5.74) is 1.94. The van der Waals surface area contributed by atoms with Gasteiger partial charge >= 0.3 is 0 Å². The Hall–Kier alpha value is -1.39. The van der Waals surface area contributed by atoms with Crippen LogP contribution in [-0.2, 0) is 11.2 Å². The summed E-state index contributed by atoms with van der Waals surface area (Å²) < 4.78 is 0. The molecule has 2 aliphatic rings. The molecular formula is C19H27ClN2O2. The first-order valence-electron chi connectivity index (χ1n) is 8.81. The number of ketones is 1. The fourth-order valence-corrected chi connectivity index (χ4v) is 3.62. The molecule has 2 atom stereocenters. The molecule has 2 unspecified atom stereocenters. The molecule has 0 aromatic heterocycles. The van der Waals surface area contributed by atoms with E-state index >= 15 is 0 Å². The molecule has 2 bridgehead atoms. The van der Waals surface area contributed by atoms with Crippen LogP contribution in [0.2, 0.25) is 0 Å². The van der Waals surface area contributed by atoms with E-state index in [-0.39, 0.29) is 24.1 Å². The minimum absolute atomic E-state index is 0. The number of carbonyl (C=O) groups excluding carboxylic acids is 2. The number of nitrogens with zero attached hydrogens (tertiary/aromatic N) is 1. The molecule has 1 aromatic rings. The van der Waals surface area contributed by atoms with Crippen LogP contribution in [0, 0.1) is 0 Å². The number of aryl methyl sites for hydroxylation is 1. The number of halogens is 1. The van der Waals surface area contributed by atoms with Crippen molar-refractivity contribution in [3.8, 4) is 0 Å². The van der Waals surface area contributed by atoms with Crippen LogP contribution in [0.15, 0.2) is 24.3 Å². The number of nitrogens with one attached hydrogen (secondary N) is 1. The lowest BCUT2D eigenvalue weighted by Crippen LogP contribution is -2.39. The third-order valence-corrected chi connectivity index (χ3v) is 5.13. The van der Waals surface area contributed by atoms with Gasteiger partial charge in [-0.05, 0) is 31.2 Å². The summed E-state index contributed by atoms with van der Waals surface area (Å²) in [6.45, 7) is 3.72. The van der Waals surface area contributed by atoms with Crippen LogP contribution in [-0.4, -0.2) is 41.8 Å². The highest BCUT2D eigenvalue weighted by Gasteiger charge is 2.30. The standard InChI is InChI=1S/C19H26N2O2.ClH/c1-2-14-3-5-15(6-4-14)18(22)9-10-19(23)21-12-11-16-7-8-17(13-21)20-16;/h3-6,16-17,20H,2,7-13H2,1H3;1H. The number of carbonyl (C=O) groups is 2. The Bertz CT molecular complexity index is 573. The maximum Gasteiger partial charge on any atom is 0.223 e. The average Bonchev–Trinajstić information content (AvgIpc) is 2.91. The molecule has 3 rings (SSSR count). The van der Waals surface area contributed by atoms with Gasteiger partial charge in [-0.15, -0.1) is 12.4 Å². The quantitative estimate of drug-likeness (QED) is 0.830. The van der Waals surface area contributed by atoms with Gasteiger partial charge < -0.3 is 10.2 Å². The first-order chi connectivity index (χ1) is 11.2. The molecular weight excluding hydrogens is 324 g/mol. The molecule has 0 spiro atoms. The van der Waals surface area contributed by atoms with Gasteiger partial charge in [-0.2, -0.15) is 0 Å². The van der Waals surface area contributed by atoms with Gasteiger partial charge in [0.2, 0.25) is 5.91 Å². The summed E-state index contributed by atoms with van der Waals surface area (Å²) in [6.07, 6.45) is 5.04. The molecule has 2 heterocycles. The van der Waals surface area contributed by atoms with Crippen LogP contribution in [0.5, 0.6) is 0 Å². The van der Waals surface area contributed by atoms with Gasteiger partial charge in [-0.1, -0.05) is 31.2 Å². The number of hydrogen-bond donors (Lipinski definition) is 1. The van der Waals surface area contributed by atoms with E-state index in [2.05, 4.69) is 12.2 Å². The molecule has 2 aliphatic heterocycles. The molecule has 0 saturated carbocycles. The number of rotatable bonds is 5. The zero-order chi connectivity index (χ0) is 16.2. The Labute approximate surface area is 150 Å². The summed E-state index contributed by atoms with van der Waals surface area (Å²) in [5, 5.41) is 3.58. The molecule has 5 heteroatoms. The van der Waals surface area contributed by atoms with Crippen LogP contribution < -0.4 is 5.32 Å². The van der Waals surface area contributed by atoms with Crippen LogP contribution in [0.4, 0.5) is 0 Å². The van der Waals surface area contributed by atoms with E-state index in [0.717, 1.165) is 32.4 Å². The highest BCUT2D eigenvalue weighted by atomic mass is 35.5. The topological polar surface area (TPSA) is 49.4 Å². The maximum atomic E-state index is 12.4. The van der Waals surface area contributed by atoms with Crippen molar-refractivity contribution in [2.45, 2.75) is 57.5 Å². The van der Waals surface area contributed by atoms with Crippen LogP contribution >= 0.6 is 12.4 Å². The van der Waals surface area contributed by atoms with E-state index in [1.165, 1.54) is 12.0 Å². The van der Waals surface area contributed by atoms with Gasteiger partial charge in [0.1, 0.15) is 0 Å². The zero-order valence-electron chi connectivity index (χ0n) is 14.3. The Morgan fingerprint density at radius 1 is 1.08 bits per heavy atom. The first kappa shape index (κ1) is 18.9. The third kappa shape index (κ3) is 4.58. The first-order valence-corrected chi connectivity index (χ1v) is 8.81. The second kappa shape index (κ2) is 8.63. The van der Waals surface area contributed by atoms with Crippen molar-refractivity contribution in [2.75, 3.05) is 13.1 Å². The molecule has 1 aromatic carbocycles. The number of benzene rings is 1.